The summed E-state index contributed by atoms with van der Waals surface area (Å²) in [5, 5.41) is -0.322. The topological polar surface area (TPSA) is 26.3 Å². The lowest BCUT2D eigenvalue weighted by Crippen LogP contribution is -2.18. The maximum Gasteiger partial charge on any atom is 0.573 e. The molecule has 1 rings (SSSR count). The zero-order chi connectivity index (χ0) is 12.5. The van der Waals surface area contributed by atoms with Gasteiger partial charge >= 0.3 is 6.36 Å². The van der Waals surface area contributed by atoms with Gasteiger partial charge in [-0.1, -0.05) is 11.6 Å². The zero-order valence-corrected chi connectivity index (χ0v) is 10.8. The van der Waals surface area contributed by atoms with Gasteiger partial charge in [0.2, 0.25) is 0 Å². The summed E-state index contributed by atoms with van der Waals surface area (Å²) < 4.78 is 40.1. The van der Waals surface area contributed by atoms with E-state index in [0.29, 0.717) is 3.57 Å². The lowest BCUT2D eigenvalue weighted by molar-refractivity contribution is -0.274. The summed E-state index contributed by atoms with van der Waals surface area (Å²) in [7, 11) is 0. The van der Waals surface area contributed by atoms with Gasteiger partial charge in [-0.05, 0) is 41.6 Å². The lowest BCUT2D eigenvalue weighted by Gasteiger charge is -2.12. The molecule has 88 valence electrons. The molecule has 0 bridgehead atoms. The quantitative estimate of drug-likeness (QED) is 0.585. The molecule has 2 nitrogen and oxygen atoms in total. The largest absolute Gasteiger partial charge is 0.573 e. The molecule has 0 unspecified atom stereocenters. The van der Waals surface area contributed by atoms with Crippen molar-refractivity contribution in [1.29, 1.82) is 0 Å². The number of benzene rings is 1. The van der Waals surface area contributed by atoms with E-state index in [1.165, 1.54) is 13.0 Å². The van der Waals surface area contributed by atoms with Crippen LogP contribution in [0, 0.1) is 3.57 Å². The van der Waals surface area contributed by atoms with Crippen molar-refractivity contribution >= 4 is 40.0 Å². The Labute approximate surface area is 108 Å². The lowest BCUT2D eigenvalue weighted by atomic mass is 10.1. The second-order valence-electron chi connectivity index (χ2n) is 2.84. The predicted molar refractivity (Wildman–Crippen MR) is 60.9 cm³/mol. The van der Waals surface area contributed by atoms with Gasteiger partial charge in [0.15, 0.2) is 5.78 Å². The van der Waals surface area contributed by atoms with Gasteiger partial charge in [-0.2, -0.15) is 0 Å². The third kappa shape index (κ3) is 3.24. The van der Waals surface area contributed by atoms with Gasteiger partial charge in [0.25, 0.3) is 0 Å². The molecule has 0 aliphatic carbocycles. The van der Waals surface area contributed by atoms with E-state index in [9.17, 15) is 18.0 Å². The predicted octanol–water partition coefficient (Wildman–Crippen LogP) is 4.05. The second-order valence-corrected chi connectivity index (χ2v) is 4.38. The Hall–Kier alpha value is -0.500. The first kappa shape index (κ1) is 13.6. The van der Waals surface area contributed by atoms with Gasteiger partial charge in [-0.25, -0.2) is 0 Å². The highest BCUT2D eigenvalue weighted by Crippen LogP contribution is 2.35. The SMILES string of the molecule is CC(=O)c1c(I)ccc(OC(F)(F)F)c1Cl. The molecule has 7 heteroatoms. The van der Waals surface area contributed by atoms with Gasteiger partial charge < -0.3 is 4.74 Å². The molecule has 0 aliphatic heterocycles. The Morgan fingerprint density at radius 1 is 1.44 bits per heavy atom. The molecule has 0 atom stereocenters. The third-order valence-corrected chi connectivity index (χ3v) is 2.91. The average Bonchev–Trinajstić information content (AvgIpc) is 2.07. The second kappa shape index (κ2) is 4.79. The maximum atomic E-state index is 12.0. The molecule has 1 aromatic rings. The van der Waals surface area contributed by atoms with Crippen molar-refractivity contribution in [2.45, 2.75) is 13.3 Å². The Morgan fingerprint density at radius 3 is 2.44 bits per heavy atom. The smallest absolute Gasteiger partial charge is 0.404 e. The summed E-state index contributed by atoms with van der Waals surface area (Å²) in [6.07, 6.45) is -4.83. The molecule has 0 fully saturated rings. The molecule has 0 saturated carbocycles. The summed E-state index contributed by atoms with van der Waals surface area (Å²) in [5.41, 5.74) is 0.0315. The minimum Gasteiger partial charge on any atom is -0.404 e. The molecular formula is C9H5ClF3IO2. The number of halogens is 5. The highest BCUT2D eigenvalue weighted by atomic mass is 127. The highest BCUT2D eigenvalue weighted by molar-refractivity contribution is 14.1. The highest BCUT2D eigenvalue weighted by Gasteiger charge is 2.32. The molecule has 1 aromatic carbocycles. The van der Waals surface area contributed by atoms with E-state index in [2.05, 4.69) is 4.74 Å². The van der Waals surface area contributed by atoms with Crippen molar-refractivity contribution in [3.05, 3.63) is 26.3 Å². The van der Waals surface area contributed by atoms with Crippen LogP contribution in [0.3, 0.4) is 0 Å². The average molecular weight is 364 g/mol. The van der Waals surface area contributed by atoms with Crippen LogP contribution in [0.4, 0.5) is 13.2 Å². The molecule has 0 saturated heterocycles. The number of hydrogen-bond acceptors (Lipinski definition) is 2. The fraction of sp³-hybridized carbons (Fsp3) is 0.222. The number of carbonyl (C=O) groups excluding carboxylic acids is 1. The van der Waals surface area contributed by atoms with Crippen LogP contribution in [0.2, 0.25) is 5.02 Å². The third-order valence-electron chi connectivity index (χ3n) is 1.63. The van der Waals surface area contributed by atoms with Crippen molar-refractivity contribution in [2.75, 3.05) is 0 Å². The maximum absolute atomic E-state index is 12.0. The van der Waals surface area contributed by atoms with Crippen molar-refractivity contribution < 1.29 is 22.7 Å². The van der Waals surface area contributed by atoms with Gasteiger partial charge in [0.1, 0.15) is 5.75 Å². The standard InChI is InChI=1S/C9H5ClF3IO2/c1-4(15)7-5(14)2-3-6(8(7)10)16-9(11,12)13/h2-3H,1H3. The van der Waals surface area contributed by atoms with Gasteiger partial charge in [0, 0.05) is 3.57 Å². The first-order chi connectivity index (χ1) is 7.22. The summed E-state index contributed by atoms with van der Waals surface area (Å²) in [6, 6.07) is 2.41. The zero-order valence-electron chi connectivity index (χ0n) is 7.86. The van der Waals surface area contributed by atoms with E-state index in [4.69, 9.17) is 11.6 Å². The fourth-order valence-electron chi connectivity index (χ4n) is 1.06. The van der Waals surface area contributed by atoms with Gasteiger partial charge in [-0.3, -0.25) is 4.79 Å². The van der Waals surface area contributed by atoms with Crippen LogP contribution in [0.1, 0.15) is 17.3 Å². The van der Waals surface area contributed by atoms with E-state index < -0.39 is 17.9 Å². The Kier molecular flexibility index (Phi) is 4.06. The van der Waals surface area contributed by atoms with E-state index in [-0.39, 0.29) is 10.6 Å². The number of rotatable bonds is 2. The molecule has 0 amide bonds. The van der Waals surface area contributed by atoms with Crippen LogP contribution in [0.25, 0.3) is 0 Å². The molecule has 0 aromatic heterocycles. The van der Waals surface area contributed by atoms with Crippen molar-refractivity contribution in [2.24, 2.45) is 0 Å². The van der Waals surface area contributed by atoms with Gasteiger partial charge in [-0.15, -0.1) is 13.2 Å². The molecule has 0 aliphatic rings. The van der Waals surface area contributed by atoms with Crippen LogP contribution in [-0.2, 0) is 0 Å². The Balaban J connectivity index is 3.24. The number of ether oxygens (including phenoxy) is 1. The molecule has 0 heterocycles. The minimum absolute atomic E-state index is 0.0315. The van der Waals surface area contributed by atoms with E-state index in [1.54, 1.807) is 0 Å². The summed E-state index contributed by atoms with van der Waals surface area (Å²) in [4.78, 5) is 11.2. The van der Waals surface area contributed by atoms with Crippen LogP contribution < -0.4 is 4.74 Å². The van der Waals surface area contributed by atoms with E-state index in [1.807, 2.05) is 22.6 Å². The molecule has 0 spiro atoms. The van der Waals surface area contributed by atoms with E-state index in [0.717, 1.165) is 6.07 Å². The molecular weight excluding hydrogens is 359 g/mol. The molecule has 16 heavy (non-hydrogen) atoms. The number of Topliss-reactive ketones (excluding diaryl/α,β-unsaturated/α-hetero) is 1. The summed E-state index contributed by atoms with van der Waals surface area (Å²) >= 11 is 7.48. The minimum atomic E-state index is -4.83. The molecule has 0 radical (unpaired) electrons. The Morgan fingerprint density at radius 2 is 2.00 bits per heavy atom. The summed E-state index contributed by atoms with van der Waals surface area (Å²) in [6.45, 7) is 1.22. The number of alkyl halides is 3. The van der Waals surface area contributed by atoms with Crippen LogP contribution in [0.5, 0.6) is 5.75 Å². The van der Waals surface area contributed by atoms with Crippen LogP contribution in [-0.4, -0.2) is 12.1 Å². The van der Waals surface area contributed by atoms with Crippen LogP contribution >= 0.6 is 34.2 Å². The van der Waals surface area contributed by atoms with E-state index >= 15 is 0 Å². The van der Waals surface area contributed by atoms with Crippen molar-refractivity contribution in [3.63, 3.8) is 0 Å². The summed E-state index contributed by atoms with van der Waals surface area (Å²) in [5.74, 6) is -0.984. The number of carbonyl (C=O) groups is 1. The van der Waals surface area contributed by atoms with Gasteiger partial charge in [0.05, 0.1) is 10.6 Å². The normalized spacial score (nSPS) is 11.4. The fourth-order valence-corrected chi connectivity index (χ4v) is 2.38. The number of hydrogen-bond donors (Lipinski definition) is 0. The van der Waals surface area contributed by atoms with Crippen molar-refractivity contribution in [3.8, 4) is 5.75 Å². The first-order valence-electron chi connectivity index (χ1n) is 3.97. The first-order valence-corrected chi connectivity index (χ1v) is 5.42. The monoisotopic (exact) mass is 364 g/mol. The molecule has 0 N–H and O–H groups in total. The van der Waals surface area contributed by atoms with Crippen LogP contribution in [0.15, 0.2) is 12.1 Å². The Bertz CT molecular complexity index is 431. The number of ketones is 1. The van der Waals surface area contributed by atoms with Crippen molar-refractivity contribution in [1.82, 2.24) is 0 Å².